The zero-order valence-corrected chi connectivity index (χ0v) is 16.5. The van der Waals surface area contributed by atoms with Gasteiger partial charge in [0.25, 0.3) is 0 Å². The molecule has 0 aromatic carbocycles. The largest absolute Gasteiger partial charge is 0.458 e. The number of carbonyl (C=O) groups excluding carboxylic acids is 1. The predicted molar refractivity (Wildman–Crippen MR) is 100.0 cm³/mol. The van der Waals surface area contributed by atoms with Crippen LogP contribution in [0.15, 0.2) is 23.3 Å². The summed E-state index contributed by atoms with van der Waals surface area (Å²) in [4.78, 5) is 11.5. The normalized spacial score (nSPS) is 40.8. The van der Waals surface area contributed by atoms with E-state index in [4.69, 9.17) is 4.74 Å². The molecule has 3 rings (SSSR count). The Balaban J connectivity index is 1.98. The van der Waals surface area contributed by atoms with Gasteiger partial charge < -0.3 is 9.84 Å². The van der Waals surface area contributed by atoms with Gasteiger partial charge in [0.05, 0.1) is 6.10 Å². The molecule has 0 aromatic rings. The third-order valence-corrected chi connectivity index (χ3v) is 7.54. The summed E-state index contributed by atoms with van der Waals surface area (Å²) in [5.41, 5.74) is 3.81. The van der Waals surface area contributed by atoms with Crippen LogP contribution in [0, 0.1) is 22.7 Å². The Hall–Kier alpha value is -1.09. The number of esters is 1. The summed E-state index contributed by atoms with van der Waals surface area (Å²) >= 11 is 0. The minimum Gasteiger partial charge on any atom is -0.458 e. The number of ether oxygens (including phenoxy) is 1. The zero-order chi connectivity index (χ0) is 18.6. The van der Waals surface area contributed by atoms with Crippen LogP contribution in [0.3, 0.4) is 0 Å². The van der Waals surface area contributed by atoms with Crippen LogP contribution in [-0.4, -0.2) is 23.3 Å². The zero-order valence-electron chi connectivity index (χ0n) is 16.5. The molecule has 0 aliphatic heterocycles. The van der Waals surface area contributed by atoms with Gasteiger partial charge in [0.15, 0.2) is 0 Å². The first-order valence-corrected chi connectivity index (χ1v) is 9.80. The third kappa shape index (κ3) is 3.09. The number of rotatable bonds is 1. The average Bonchev–Trinajstić information content (AvgIpc) is 2.47. The van der Waals surface area contributed by atoms with Crippen molar-refractivity contribution in [2.24, 2.45) is 22.7 Å². The maximum atomic E-state index is 11.5. The Morgan fingerprint density at radius 1 is 1.28 bits per heavy atom. The van der Waals surface area contributed by atoms with Gasteiger partial charge in [0, 0.05) is 6.92 Å². The van der Waals surface area contributed by atoms with E-state index >= 15 is 0 Å². The highest BCUT2D eigenvalue weighted by Crippen LogP contribution is 2.58. The molecular weight excluding hydrogens is 312 g/mol. The molecule has 0 aromatic heterocycles. The third-order valence-electron chi connectivity index (χ3n) is 7.54. The number of aliphatic hydroxyl groups excluding tert-OH is 1. The summed E-state index contributed by atoms with van der Waals surface area (Å²) < 4.78 is 5.56. The van der Waals surface area contributed by atoms with E-state index < -0.39 is 0 Å². The highest BCUT2D eigenvalue weighted by molar-refractivity contribution is 5.66. The summed E-state index contributed by atoms with van der Waals surface area (Å²) in [6, 6.07) is 0. The molecule has 5 atom stereocenters. The maximum absolute atomic E-state index is 11.5. The molecule has 1 N–H and O–H groups in total. The highest BCUT2D eigenvalue weighted by Gasteiger charge is 2.51. The number of carbonyl (C=O) groups is 1. The van der Waals surface area contributed by atoms with E-state index in [2.05, 4.69) is 34.3 Å². The van der Waals surface area contributed by atoms with Crippen LogP contribution >= 0.6 is 0 Å². The molecule has 0 heterocycles. The summed E-state index contributed by atoms with van der Waals surface area (Å²) in [6.45, 7) is 15.0. The van der Waals surface area contributed by atoms with Crippen LogP contribution in [0.25, 0.3) is 0 Å². The SMILES string of the molecule is C=C1C(OC(C)=O)CCC2(C)CC(O)C3=C(C)CCC(CC12)C3(C)C. The Morgan fingerprint density at radius 3 is 2.60 bits per heavy atom. The van der Waals surface area contributed by atoms with Crippen molar-refractivity contribution in [1.29, 1.82) is 0 Å². The van der Waals surface area contributed by atoms with Crippen LogP contribution in [0.1, 0.15) is 73.1 Å². The van der Waals surface area contributed by atoms with Gasteiger partial charge >= 0.3 is 5.97 Å². The van der Waals surface area contributed by atoms with Gasteiger partial charge in [-0.25, -0.2) is 0 Å². The fourth-order valence-corrected chi connectivity index (χ4v) is 6.12. The molecule has 0 amide bonds. The molecule has 2 bridgehead atoms. The molecule has 0 saturated heterocycles. The fourth-order valence-electron chi connectivity index (χ4n) is 6.12. The first-order valence-electron chi connectivity index (χ1n) is 9.80. The number of hydrogen-bond acceptors (Lipinski definition) is 3. The molecule has 25 heavy (non-hydrogen) atoms. The van der Waals surface area contributed by atoms with Crippen molar-refractivity contribution in [2.75, 3.05) is 0 Å². The number of fused-ring (bicyclic) bond motifs is 3. The molecule has 2 saturated carbocycles. The van der Waals surface area contributed by atoms with E-state index in [1.807, 2.05) is 0 Å². The van der Waals surface area contributed by atoms with Crippen molar-refractivity contribution in [3.05, 3.63) is 23.3 Å². The second-order valence-corrected chi connectivity index (χ2v) is 9.53. The van der Waals surface area contributed by atoms with Crippen molar-refractivity contribution in [3.8, 4) is 0 Å². The lowest BCUT2D eigenvalue weighted by Gasteiger charge is -2.54. The van der Waals surface area contributed by atoms with Crippen molar-refractivity contribution < 1.29 is 14.6 Å². The minimum absolute atomic E-state index is 0.0255. The molecule has 3 heteroatoms. The first kappa shape index (κ1) is 18.7. The summed E-state index contributed by atoms with van der Waals surface area (Å²) in [5, 5.41) is 11.2. The van der Waals surface area contributed by atoms with Crippen molar-refractivity contribution in [3.63, 3.8) is 0 Å². The number of aliphatic hydroxyl groups is 1. The molecule has 3 aliphatic rings. The van der Waals surface area contributed by atoms with Crippen molar-refractivity contribution in [2.45, 2.75) is 85.4 Å². The van der Waals surface area contributed by atoms with Crippen LogP contribution in [0.4, 0.5) is 0 Å². The van der Waals surface area contributed by atoms with Gasteiger partial charge in [-0.1, -0.05) is 32.9 Å². The van der Waals surface area contributed by atoms with E-state index in [0.29, 0.717) is 11.8 Å². The van der Waals surface area contributed by atoms with Crippen LogP contribution in [0.2, 0.25) is 0 Å². The van der Waals surface area contributed by atoms with Gasteiger partial charge in [0.1, 0.15) is 6.10 Å². The fraction of sp³-hybridized carbons (Fsp3) is 0.773. The molecule has 3 nitrogen and oxygen atoms in total. The molecule has 140 valence electrons. The van der Waals surface area contributed by atoms with Crippen LogP contribution in [-0.2, 0) is 9.53 Å². The Bertz CT molecular complexity index is 615. The van der Waals surface area contributed by atoms with Crippen LogP contribution in [0.5, 0.6) is 0 Å². The van der Waals surface area contributed by atoms with E-state index in [9.17, 15) is 9.90 Å². The second-order valence-electron chi connectivity index (χ2n) is 9.53. The lowest BCUT2D eigenvalue weighted by molar-refractivity contribution is -0.147. The van der Waals surface area contributed by atoms with Gasteiger partial charge in [-0.3, -0.25) is 4.79 Å². The van der Waals surface area contributed by atoms with Crippen LogP contribution < -0.4 is 0 Å². The maximum Gasteiger partial charge on any atom is 0.303 e. The van der Waals surface area contributed by atoms with Gasteiger partial charge in [-0.15, -0.1) is 0 Å². The summed E-state index contributed by atoms with van der Waals surface area (Å²) in [6.07, 6.45) is 5.40. The predicted octanol–water partition coefficient (Wildman–Crippen LogP) is 4.80. The Morgan fingerprint density at radius 2 is 1.96 bits per heavy atom. The Kier molecular flexibility index (Phi) is 4.68. The highest BCUT2D eigenvalue weighted by atomic mass is 16.5. The first-order chi connectivity index (χ1) is 11.6. The quantitative estimate of drug-likeness (QED) is 0.548. The minimum atomic E-state index is -0.372. The van der Waals surface area contributed by atoms with Crippen molar-refractivity contribution in [1.82, 2.24) is 0 Å². The Labute approximate surface area is 152 Å². The van der Waals surface area contributed by atoms with E-state index in [0.717, 1.165) is 37.7 Å². The monoisotopic (exact) mass is 346 g/mol. The smallest absolute Gasteiger partial charge is 0.303 e. The molecule has 0 spiro atoms. The van der Waals surface area contributed by atoms with Gasteiger partial charge in [-0.2, -0.15) is 0 Å². The van der Waals surface area contributed by atoms with E-state index in [-0.39, 0.29) is 29.0 Å². The molecule has 5 unspecified atom stereocenters. The number of hydrogen-bond donors (Lipinski definition) is 1. The second kappa shape index (κ2) is 6.26. The average molecular weight is 347 g/mol. The van der Waals surface area contributed by atoms with Gasteiger partial charge in [-0.05, 0) is 79.3 Å². The van der Waals surface area contributed by atoms with Crippen molar-refractivity contribution >= 4 is 5.97 Å². The molecular formula is C22H34O3. The van der Waals surface area contributed by atoms with E-state index in [1.54, 1.807) is 0 Å². The van der Waals surface area contributed by atoms with Gasteiger partial charge in [0.2, 0.25) is 0 Å². The summed E-state index contributed by atoms with van der Waals surface area (Å²) in [5.74, 6) is 0.627. The topological polar surface area (TPSA) is 46.5 Å². The standard InChI is InChI=1S/C22H34O3/c1-13-7-8-16-11-17-14(2)19(25-15(3)23)9-10-22(17,6)12-18(24)20(13)21(16,4)5/h16-19,24H,2,7-12H2,1,3-6H3. The lowest BCUT2D eigenvalue weighted by atomic mass is 9.52. The lowest BCUT2D eigenvalue weighted by Crippen LogP contribution is -2.48. The molecule has 2 fully saturated rings. The summed E-state index contributed by atoms with van der Waals surface area (Å²) in [7, 11) is 0. The number of allylic oxidation sites excluding steroid dienone is 1. The molecule has 3 aliphatic carbocycles. The van der Waals surface area contributed by atoms with E-state index in [1.165, 1.54) is 24.5 Å². The molecule has 0 radical (unpaired) electrons.